The zero-order chi connectivity index (χ0) is 13.2. The zero-order valence-electron chi connectivity index (χ0n) is 10.2. The SMILES string of the molecule is CC1(NCC(O)COc2ccc(Cl)c(Cl)c2)CC1. The fraction of sp³-hybridized carbons (Fsp3) is 0.538. The second-order valence-electron chi connectivity index (χ2n) is 4.98. The molecule has 0 heterocycles. The molecule has 1 aromatic rings. The lowest BCUT2D eigenvalue weighted by Gasteiger charge is -2.16. The number of rotatable bonds is 6. The van der Waals surface area contributed by atoms with Gasteiger partial charge in [-0.25, -0.2) is 0 Å². The van der Waals surface area contributed by atoms with Crippen molar-refractivity contribution in [2.24, 2.45) is 0 Å². The number of aliphatic hydroxyl groups excluding tert-OH is 1. The Balaban J connectivity index is 1.74. The van der Waals surface area contributed by atoms with Crippen molar-refractivity contribution in [1.29, 1.82) is 0 Å². The van der Waals surface area contributed by atoms with Gasteiger partial charge in [0.25, 0.3) is 0 Å². The molecule has 2 rings (SSSR count). The van der Waals surface area contributed by atoms with Gasteiger partial charge >= 0.3 is 0 Å². The predicted molar refractivity (Wildman–Crippen MR) is 73.6 cm³/mol. The first-order valence-electron chi connectivity index (χ1n) is 5.99. The Morgan fingerprint density at radius 2 is 2.11 bits per heavy atom. The quantitative estimate of drug-likeness (QED) is 0.846. The summed E-state index contributed by atoms with van der Waals surface area (Å²) in [5.74, 6) is 0.612. The van der Waals surface area contributed by atoms with Gasteiger partial charge in [-0.15, -0.1) is 0 Å². The first-order chi connectivity index (χ1) is 8.48. The molecule has 1 fully saturated rings. The van der Waals surface area contributed by atoms with Gasteiger partial charge in [0, 0.05) is 18.2 Å². The zero-order valence-corrected chi connectivity index (χ0v) is 11.8. The number of hydrogen-bond acceptors (Lipinski definition) is 3. The van der Waals surface area contributed by atoms with Crippen LogP contribution in [0.2, 0.25) is 10.0 Å². The first kappa shape index (κ1) is 13.9. The minimum atomic E-state index is -0.531. The van der Waals surface area contributed by atoms with Crippen molar-refractivity contribution in [3.05, 3.63) is 28.2 Å². The monoisotopic (exact) mass is 289 g/mol. The molecule has 0 spiro atoms. The van der Waals surface area contributed by atoms with Crippen LogP contribution in [0.1, 0.15) is 19.8 Å². The van der Waals surface area contributed by atoms with E-state index in [1.54, 1.807) is 18.2 Å². The maximum atomic E-state index is 9.78. The van der Waals surface area contributed by atoms with Crippen molar-refractivity contribution in [1.82, 2.24) is 5.32 Å². The Kier molecular flexibility index (Phi) is 4.38. The lowest BCUT2D eigenvalue weighted by atomic mass is 10.3. The molecule has 0 amide bonds. The third-order valence-electron chi connectivity index (χ3n) is 3.10. The van der Waals surface area contributed by atoms with E-state index < -0.39 is 6.10 Å². The van der Waals surface area contributed by atoms with Crippen molar-refractivity contribution in [2.45, 2.75) is 31.4 Å². The molecule has 1 unspecified atom stereocenters. The van der Waals surface area contributed by atoms with Crippen molar-refractivity contribution >= 4 is 23.2 Å². The molecule has 0 aliphatic heterocycles. The van der Waals surface area contributed by atoms with E-state index in [1.807, 2.05) is 0 Å². The number of benzene rings is 1. The minimum absolute atomic E-state index is 0.227. The lowest BCUT2D eigenvalue weighted by molar-refractivity contribution is 0.103. The topological polar surface area (TPSA) is 41.5 Å². The van der Waals surface area contributed by atoms with E-state index in [0.29, 0.717) is 22.3 Å². The van der Waals surface area contributed by atoms with E-state index in [0.717, 1.165) is 0 Å². The summed E-state index contributed by atoms with van der Waals surface area (Å²) in [6.07, 6.45) is 1.82. The highest BCUT2D eigenvalue weighted by Gasteiger charge is 2.36. The van der Waals surface area contributed by atoms with Crippen LogP contribution in [0.15, 0.2) is 18.2 Å². The summed E-state index contributed by atoms with van der Waals surface area (Å²) >= 11 is 11.7. The maximum Gasteiger partial charge on any atom is 0.121 e. The molecule has 2 N–H and O–H groups in total. The second kappa shape index (κ2) is 5.66. The molecular weight excluding hydrogens is 273 g/mol. The number of nitrogens with one attached hydrogen (secondary N) is 1. The van der Waals surface area contributed by atoms with Crippen LogP contribution in [-0.2, 0) is 0 Å². The summed E-state index contributed by atoms with van der Waals surface area (Å²) in [7, 11) is 0. The molecule has 100 valence electrons. The van der Waals surface area contributed by atoms with E-state index in [4.69, 9.17) is 27.9 Å². The van der Waals surface area contributed by atoms with Gasteiger partial charge in [-0.2, -0.15) is 0 Å². The number of hydrogen-bond donors (Lipinski definition) is 2. The summed E-state index contributed by atoms with van der Waals surface area (Å²) in [6, 6.07) is 5.05. The Labute approximate surface area is 117 Å². The average molecular weight is 290 g/mol. The number of β-amino-alcohol motifs (C(OH)–C–C–N with tert-alkyl or cyclic N) is 1. The summed E-state index contributed by atoms with van der Waals surface area (Å²) in [5, 5.41) is 14.0. The maximum absolute atomic E-state index is 9.78. The van der Waals surface area contributed by atoms with Crippen LogP contribution in [0, 0.1) is 0 Å². The standard InChI is InChI=1S/C13H17Cl2NO2/c1-13(4-5-13)16-7-9(17)8-18-10-2-3-11(14)12(15)6-10/h2-3,6,9,16-17H,4-5,7-8H2,1H3. The summed E-state index contributed by atoms with van der Waals surface area (Å²) < 4.78 is 5.46. The smallest absolute Gasteiger partial charge is 0.121 e. The van der Waals surface area contributed by atoms with Crippen molar-refractivity contribution in [3.63, 3.8) is 0 Å². The van der Waals surface area contributed by atoms with Gasteiger partial charge in [0.1, 0.15) is 18.5 Å². The molecule has 1 aliphatic rings. The van der Waals surface area contributed by atoms with E-state index in [9.17, 15) is 5.11 Å². The molecule has 1 saturated carbocycles. The molecule has 1 aromatic carbocycles. The van der Waals surface area contributed by atoms with Crippen LogP contribution in [-0.4, -0.2) is 29.9 Å². The number of aliphatic hydroxyl groups is 1. The summed E-state index contributed by atoms with van der Waals surface area (Å²) in [4.78, 5) is 0. The molecular formula is C13H17Cl2NO2. The normalized spacial score (nSPS) is 18.4. The molecule has 1 aliphatic carbocycles. The van der Waals surface area contributed by atoms with E-state index >= 15 is 0 Å². The van der Waals surface area contributed by atoms with Crippen LogP contribution in [0.3, 0.4) is 0 Å². The van der Waals surface area contributed by atoms with Gasteiger partial charge in [0.2, 0.25) is 0 Å². The molecule has 1 atom stereocenters. The largest absolute Gasteiger partial charge is 0.491 e. The molecule has 0 radical (unpaired) electrons. The lowest BCUT2D eigenvalue weighted by Crippen LogP contribution is -2.37. The van der Waals surface area contributed by atoms with Crippen LogP contribution in [0.4, 0.5) is 0 Å². The Morgan fingerprint density at radius 3 is 2.72 bits per heavy atom. The van der Waals surface area contributed by atoms with Crippen molar-refractivity contribution in [3.8, 4) is 5.75 Å². The van der Waals surface area contributed by atoms with E-state index in [2.05, 4.69) is 12.2 Å². The minimum Gasteiger partial charge on any atom is -0.491 e. The summed E-state index contributed by atoms with van der Waals surface area (Å²) in [6.45, 7) is 2.93. The highest BCUT2D eigenvalue weighted by molar-refractivity contribution is 6.42. The molecule has 18 heavy (non-hydrogen) atoms. The highest BCUT2D eigenvalue weighted by atomic mass is 35.5. The third-order valence-corrected chi connectivity index (χ3v) is 3.84. The van der Waals surface area contributed by atoms with Gasteiger partial charge in [-0.3, -0.25) is 0 Å². The summed E-state index contributed by atoms with van der Waals surface area (Å²) in [5.41, 5.74) is 0.227. The molecule has 0 saturated heterocycles. The fourth-order valence-corrected chi connectivity index (χ4v) is 1.83. The number of ether oxygens (including phenoxy) is 1. The second-order valence-corrected chi connectivity index (χ2v) is 5.80. The van der Waals surface area contributed by atoms with Crippen LogP contribution in [0.5, 0.6) is 5.75 Å². The van der Waals surface area contributed by atoms with Crippen LogP contribution >= 0.6 is 23.2 Å². The highest BCUT2D eigenvalue weighted by Crippen LogP contribution is 2.34. The fourth-order valence-electron chi connectivity index (χ4n) is 1.55. The van der Waals surface area contributed by atoms with E-state index in [-0.39, 0.29) is 12.1 Å². The van der Waals surface area contributed by atoms with Crippen molar-refractivity contribution in [2.75, 3.05) is 13.2 Å². The van der Waals surface area contributed by atoms with E-state index in [1.165, 1.54) is 12.8 Å². The Morgan fingerprint density at radius 1 is 1.39 bits per heavy atom. The Bertz CT molecular complexity index is 421. The van der Waals surface area contributed by atoms with Gasteiger partial charge in [-0.1, -0.05) is 23.2 Å². The van der Waals surface area contributed by atoms with Gasteiger partial charge in [0.05, 0.1) is 10.0 Å². The number of halogens is 2. The van der Waals surface area contributed by atoms with Gasteiger partial charge in [-0.05, 0) is 31.9 Å². The van der Waals surface area contributed by atoms with Gasteiger partial charge in [0.15, 0.2) is 0 Å². The average Bonchev–Trinajstić information content (AvgIpc) is 3.07. The molecule has 0 bridgehead atoms. The van der Waals surface area contributed by atoms with Crippen LogP contribution in [0.25, 0.3) is 0 Å². The molecule has 0 aromatic heterocycles. The van der Waals surface area contributed by atoms with Gasteiger partial charge < -0.3 is 15.2 Å². The first-order valence-corrected chi connectivity index (χ1v) is 6.75. The van der Waals surface area contributed by atoms with Crippen molar-refractivity contribution < 1.29 is 9.84 Å². The van der Waals surface area contributed by atoms with Crippen LogP contribution < -0.4 is 10.1 Å². The Hall–Kier alpha value is -0.480. The molecule has 5 heteroatoms. The predicted octanol–water partition coefficient (Wildman–Crippen LogP) is 2.88. The third kappa shape index (κ3) is 4.02. The molecule has 3 nitrogen and oxygen atoms in total.